The Balaban J connectivity index is 2.09. The van der Waals surface area contributed by atoms with E-state index in [2.05, 4.69) is 20.8 Å². The zero-order valence-corrected chi connectivity index (χ0v) is 9.41. The maximum absolute atomic E-state index is 5.02. The van der Waals surface area contributed by atoms with Gasteiger partial charge in [-0.15, -0.1) is 21.5 Å². The lowest BCUT2D eigenvalue weighted by Gasteiger charge is -2.03. The standard InChI is InChI=1S/C10H13N3OS/c1-14-6-3-5-13-8-11-12-10(13)9-4-2-7-15-9/h2,4,7-8H,3,5-6H2,1H3. The van der Waals surface area contributed by atoms with Crippen LogP contribution in [0.2, 0.25) is 0 Å². The van der Waals surface area contributed by atoms with Gasteiger partial charge in [0.25, 0.3) is 0 Å². The largest absolute Gasteiger partial charge is 0.385 e. The molecule has 0 aromatic carbocycles. The third kappa shape index (κ3) is 2.43. The predicted octanol–water partition coefficient (Wildman–Crippen LogP) is 2.04. The minimum absolute atomic E-state index is 0.766. The zero-order valence-electron chi connectivity index (χ0n) is 8.59. The first-order chi connectivity index (χ1) is 7.42. The lowest BCUT2D eigenvalue weighted by Crippen LogP contribution is -2.01. The molecule has 2 heterocycles. The second kappa shape index (κ2) is 5.04. The molecule has 2 aromatic heterocycles. The summed E-state index contributed by atoms with van der Waals surface area (Å²) in [5.74, 6) is 0.945. The number of ether oxygens (including phenoxy) is 1. The van der Waals surface area contributed by atoms with Crippen LogP contribution in [0.3, 0.4) is 0 Å². The fraction of sp³-hybridized carbons (Fsp3) is 0.400. The highest BCUT2D eigenvalue weighted by Gasteiger charge is 2.07. The van der Waals surface area contributed by atoms with E-state index in [1.54, 1.807) is 24.8 Å². The normalized spacial score (nSPS) is 10.7. The van der Waals surface area contributed by atoms with Crippen LogP contribution in [0.5, 0.6) is 0 Å². The molecule has 2 rings (SSSR count). The van der Waals surface area contributed by atoms with Gasteiger partial charge in [-0.05, 0) is 17.9 Å². The van der Waals surface area contributed by atoms with E-state index in [1.807, 2.05) is 11.4 Å². The van der Waals surface area contributed by atoms with Crippen molar-refractivity contribution in [2.45, 2.75) is 13.0 Å². The van der Waals surface area contributed by atoms with Crippen LogP contribution >= 0.6 is 11.3 Å². The van der Waals surface area contributed by atoms with Crippen LogP contribution in [0.25, 0.3) is 10.7 Å². The molecule has 5 heteroatoms. The number of aryl methyl sites for hydroxylation is 1. The summed E-state index contributed by atoms with van der Waals surface area (Å²) in [5.41, 5.74) is 0. The summed E-state index contributed by atoms with van der Waals surface area (Å²) in [6, 6.07) is 4.08. The fourth-order valence-corrected chi connectivity index (χ4v) is 2.12. The summed E-state index contributed by atoms with van der Waals surface area (Å²) in [7, 11) is 1.71. The lowest BCUT2D eigenvalue weighted by atomic mass is 10.4. The Morgan fingerprint density at radius 2 is 2.47 bits per heavy atom. The summed E-state index contributed by atoms with van der Waals surface area (Å²) in [6.07, 6.45) is 2.75. The number of methoxy groups -OCH3 is 1. The van der Waals surface area contributed by atoms with Crippen molar-refractivity contribution in [3.63, 3.8) is 0 Å². The van der Waals surface area contributed by atoms with Gasteiger partial charge in [-0.3, -0.25) is 0 Å². The number of nitrogens with zero attached hydrogens (tertiary/aromatic N) is 3. The van der Waals surface area contributed by atoms with Crippen molar-refractivity contribution >= 4 is 11.3 Å². The van der Waals surface area contributed by atoms with Gasteiger partial charge in [0.05, 0.1) is 4.88 Å². The summed E-state index contributed by atoms with van der Waals surface area (Å²) >= 11 is 1.68. The van der Waals surface area contributed by atoms with Crippen molar-refractivity contribution in [3.8, 4) is 10.7 Å². The maximum Gasteiger partial charge on any atom is 0.173 e. The summed E-state index contributed by atoms with van der Waals surface area (Å²) in [5, 5.41) is 10.1. The fourth-order valence-electron chi connectivity index (χ4n) is 1.39. The Hall–Kier alpha value is -1.20. The highest BCUT2D eigenvalue weighted by molar-refractivity contribution is 7.13. The van der Waals surface area contributed by atoms with Crippen molar-refractivity contribution in [1.82, 2.24) is 14.8 Å². The monoisotopic (exact) mass is 223 g/mol. The van der Waals surface area contributed by atoms with Crippen LogP contribution < -0.4 is 0 Å². The second-order valence-corrected chi connectivity index (χ2v) is 4.12. The molecule has 0 N–H and O–H groups in total. The Bertz CT molecular complexity index is 396. The van der Waals surface area contributed by atoms with E-state index in [-0.39, 0.29) is 0 Å². The molecule has 0 radical (unpaired) electrons. The number of hydrogen-bond donors (Lipinski definition) is 0. The van der Waals surface area contributed by atoms with Crippen LogP contribution in [0.15, 0.2) is 23.8 Å². The van der Waals surface area contributed by atoms with E-state index < -0.39 is 0 Å². The van der Waals surface area contributed by atoms with Crippen LogP contribution in [-0.4, -0.2) is 28.5 Å². The average molecular weight is 223 g/mol. The minimum Gasteiger partial charge on any atom is -0.385 e. The van der Waals surface area contributed by atoms with E-state index in [1.165, 1.54) is 0 Å². The third-order valence-electron chi connectivity index (χ3n) is 2.10. The molecule has 0 aliphatic carbocycles. The first-order valence-corrected chi connectivity index (χ1v) is 5.70. The van der Waals surface area contributed by atoms with Gasteiger partial charge in [-0.25, -0.2) is 0 Å². The van der Waals surface area contributed by atoms with Gasteiger partial charge in [-0.2, -0.15) is 0 Å². The van der Waals surface area contributed by atoms with Crippen LogP contribution in [-0.2, 0) is 11.3 Å². The summed E-state index contributed by atoms with van der Waals surface area (Å²) in [6.45, 7) is 1.66. The molecule has 2 aromatic rings. The number of aromatic nitrogens is 3. The highest BCUT2D eigenvalue weighted by Crippen LogP contribution is 2.22. The third-order valence-corrected chi connectivity index (χ3v) is 2.97. The second-order valence-electron chi connectivity index (χ2n) is 3.17. The number of rotatable bonds is 5. The van der Waals surface area contributed by atoms with E-state index in [4.69, 9.17) is 4.74 Å². The minimum atomic E-state index is 0.766. The van der Waals surface area contributed by atoms with Crippen molar-refractivity contribution in [2.75, 3.05) is 13.7 Å². The molecule has 0 atom stereocenters. The van der Waals surface area contributed by atoms with E-state index in [9.17, 15) is 0 Å². The molecule has 4 nitrogen and oxygen atoms in total. The zero-order chi connectivity index (χ0) is 10.5. The molecule has 0 unspecified atom stereocenters. The molecule has 15 heavy (non-hydrogen) atoms. The Kier molecular flexibility index (Phi) is 3.47. The smallest absolute Gasteiger partial charge is 0.173 e. The van der Waals surface area contributed by atoms with Gasteiger partial charge in [0.15, 0.2) is 5.82 Å². The molecular weight excluding hydrogens is 210 g/mol. The van der Waals surface area contributed by atoms with Crippen LogP contribution in [0, 0.1) is 0 Å². The Morgan fingerprint density at radius 3 is 3.20 bits per heavy atom. The van der Waals surface area contributed by atoms with E-state index in [0.29, 0.717) is 0 Å². The molecule has 0 amide bonds. The predicted molar refractivity (Wildman–Crippen MR) is 59.8 cm³/mol. The number of thiophene rings is 1. The quantitative estimate of drug-likeness (QED) is 0.728. The van der Waals surface area contributed by atoms with Crippen molar-refractivity contribution < 1.29 is 4.74 Å². The molecule has 0 aliphatic rings. The van der Waals surface area contributed by atoms with Crippen molar-refractivity contribution in [3.05, 3.63) is 23.8 Å². The molecular formula is C10H13N3OS. The Labute approximate surface area is 92.5 Å². The Morgan fingerprint density at radius 1 is 1.53 bits per heavy atom. The molecule has 80 valence electrons. The highest BCUT2D eigenvalue weighted by atomic mass is 32.1. The summed E-state index contributed by atoms with van der Waals surface area (Å²) < 4.78 is 7.08. The van der Waals surface area contributed by atoms with E-state index >= 15 is 0 Å². The SMILES string of the molecule is COCCCn1cnnc1-c1cccs1. The van der Waals surface area contributed by atoms with Crippen molar-refractivity contribution in [2.24, 2.45) is 0 Å². The van der Waals surface area contributed by atoms with Gasteiger partial charge >= 0.3 is 0 Å². The number of hydrogen-bond acceptors (Lipinski definition) is 4. The van der Waals surface area contributed by atoms with Crippen LogP contribution in [0.1, 0.15) is 6.42 Å². The molecule has 0 fully saturated rings. The first kappa shape index (κ1) is 10.3. The van der Waals surface area contributed by atoms with Gasteiger partial charge in [0, 0.05) is 20.3 Å². The van der Waals surface area contributed by atoms with Crippen molar-refractivity contribution in [1.29, 1.82) is 0 Å². The van der Waals surface area contributed by atoms with Gasteiger partial charge in [0.1, 0.15) is 6.33 Å². The maximum atomic E-state index is 5.02. The lowest BCUT2D eigenvalue weighted by molar-refractivity contribution is 0.190. The molecule has 0 saturated carbocycles. The van der Waals surface area contributed by atoms with Crippen LogP contribution in [0.4, 0.5) is 0 Å². The molecule has 0 aliphatic heterocycles. The first-order valence-electron chi connectivity index (χ1n) is 4.82. The molecule has 0 spiro atoms. The van der Waals surface area contributed by atoms with Gasteiger partial charge < -0.3 is 9.30 Å². The molecule has 0 bridgehead atoms. The topological polar surface area (TPSA) is 39.9 Å². The molecule has 0 saturated heterocycles. The van der Waals surface area contributed by atoms with E-state index in [0.717, 1.165) is 30.3 Å². The average Bonchev–Trinajstić information content (AvgIpc) is 2.87. The summed E-state index contributed by atoms with van der Waals surface area (Å²) in [4.78, 5) is 1.16. The van der Waals surface area contributed by atoms with Gasteiger partial charge in [0.2, 0.25) is 0 Å². The van der Waals surface area contributed by atoms with Gasteiger partial charge in [-0.1, -0.05) is 6.07 Å².